The second kappa shape index (κ2) is 7.76. The predicted octanol–water partition coefficient (Wildman–Crippen LogP) is 2.27. The van der Waals surface area contributed by atoms with E-state index in [1.54, 1.807) is 33.8 Å². The number of Topliss-reactive ketones (excluding diaryl/α,β-unsaturated/α-hetero) is 1. The van der Waals surface area contributed by atoms with E-state index in [4.69, 9.17) is 4.74 Å². The van der Waals surface area contributed by atoms with Crippen molar-refractivity contribution in [3.05, 3.63) is 35.2 Å². The summed E-state index contributed by atoms with van der Waals surface area (Å²) >= 11 is 0. The fourth-order valence-corrected chi connectivity index (χ4v) is 2.48. The zero-order valence-electron chi connectivity index (χ0n) is 14.4. The monoisotopic (exact) mass is 320 g/mol. The third kappa shape index (κ3) is 4.09. The fourth-order valence-electron chi connectivity index (χ4n) is 2.48. The Morgan fingerprint density at radius 1 is 1.30 bits per heavy atom. The number of hydrogen-bond donors (Lipinski definition) is 1. The molecule has 0 atom stereocenters. The highest BCUT2D eigenvalue weighted by Crippen LogP contribution is 2.20. The quantitative estimate of drug-likeness (QED) is 0.475. The van der Waals surface area contributed by atoms with Crippen LogP contribution in [0.5, 0.6) is 0 Å². The predicted molar refractivity (Wildman–Crippen MR) is 87.6 cm³/mol. The van der Waals surface area contributed by atoms with Crippen LogP contribution in [0.4, 0.5) is 0 Å². The van der Waals surface area contributed by atoms with Gasteiger partial charge in [-0.05, 0) is 19.4 Å². The van der Waals surface area contributed by atoms with Gasteiger partial charge in [0.15, 0.2) is 5.78 Å². The van der Waals surface area contributed by atoms with Gasteiger partial charge in [0.2, 0.25) is 5.91 Å². The number of H-pyrrole nitrogens is 1. The molecule has 0 fully saturated rings. The van der Waals surface area contributed by atoms with Crippen molar-refractivity contribution in [3.63, 3.8) is 0 Å². The summed E-state index contributed by atoms with van der Waals surface area (Å²) in [6.07, 6.45) is 1.59. The molecule has 0 aromatic carbocycles. The van der Waals surface area contributed by atoms with Crippen molar-refractivity contribution in [2.24, 2.45) is 5.92 Å². The second-order valence-corrected chi connectivity index (χ2v) is 5.70. The highest BCUT2D eigenvalue weighted by Gasteiger charge is 2.25. The van der Waals surface area contributed by atoms with Crippen LogP contribution in [0.15, 0.2) is 12.7 Å². The third-order valence-electron chi connectivity index (χ3n) is 3.60. The molecule has 6 heteroatoms. The molecule has 1 amide bonds. The summed E-state index contributed by atoms with van der Waals surface area (Å²) in [4.78, 5) is 40.8. The molecule has 0 bridgehead atoms. The number of methoxy groups -OCH3 is 1. The molecule has 0 aliphatic carbocycles. The number of aromatic amines is 1. The summed E-state index contributed by atoms with van der Waals surface area (Å²) in [6.45, 7) is 10.8. The first kappa shape index (κ1) is 18.7. The van der Waals surface area contributed by atoms with Gasteiger partial charge in [-0.25, -0.2) is 4.79 Å². The Balaban J connectivity index is 3.09. The molecule has 1 rings (SSSR count). The Morgan fingerprint density at radius 3 is 2.39 bits per heavy atom. The van der Waals surface area contributed by atoms with Crippen molar-refractivity contribution in [2.75, 3.05) is 20.2 Å². The number of aromatic nitrogens is 1. The minimum atomic E-state index is -0.522. The van der Waals surface area contributed by atoms with E-state index in [-0.39, 0.29) is 29.8 Å². The van der Waals surface area contributed by atoms with E-state index in [9.17, 15) is 14.4 Å². The highest BCUT2D eigenvalue weighted by molar-refractivity contribution is 6.04. The van der Waals surface area contributed by atoms with Crippen molar-refractivity contribution in [1.82, 2.24) is 9.88 Å². The fraction of sp³-hybridized carbons (Fsp3) is 0.471. The molecule has 126 valence electrons. The molecule has 0 saturated carbocycles. The van der Waals surface area contributed by atoms with Crippen LogP contribution in [0.3, 0.4) is 0 Å². The van der Waals surface area contributed by atoms with Gasteiger partial charge in [0.1, 0.15) is 5.69 Å². The summed E-state index contributed by atoms with van der Waals surface area (Å²) < 4.78 is 4.70. The smallest absolute Gasteiger partial charge is 0.354 e. The number of nitrogens with one attached hydrogen (secondary N) is 1. The van der Waals surface area contributed by atoms with Crippen molar-refractivity contribution < 1.29 is 19.1 Å². The molecule has 1 aromatic heterocycles. The summed E-state index contributed by atoms with van der Waals surface area (Å²) in [5, 5.41) is 0. The summed E-state index contributed by atoms with van der Waals surface area (Å²) in [6, 6.07) is 0. The Morgan fingerprint density at radius 2 is 1.91 bits per heavy atom. The number of ether oxygens (including phenoxy) is 1. The number of amides is 1. The first-order valence-corrected chi connectivity index (χ1v) is 7.44. The summed E-state index contributed by atoms with van der Waals surface area (Å²) in [5.41, 5.74) is 1.81. The first-order chi connectivity index (χ1) is 10.7. The number of aryl methyl sites for hydroxylation is 1. The van der Waals surface area contributed by atoms with E-state index >= 15 is 0 Å². The van der Waals surface area contributed by atoms with Gasteiger partial charge in [0, 0.05) is 23.7 Å². The standard InChI is InChI=1S/C17H24N2O4/c1-7-8-19(16(21)10(2)3)9-13(20)14-11(4)15(17(22)23-6)18-12(14)5/h7,10,18H,1,8-9H2,2-6H3. The number of esters is 1. The molecule has 23 heavy (non-hydrogen) atoms. The maximum Gasteiger partial charge on any atom is 0.354 e. The van der Waals surface area contributed by atoms with Gasteiger partial charge in [-0.15, -0.1) is 6.58 Å². The van der Waals surface area contributed by atoms with Crippen LogP contribution in [0, 0.1) is 19.8 Å². The zero-order chi connectivity index (χ0) is 17.7. The van der Waals surface area contributed by atoms with E-state index in [1.807, 2.05) is 0 Å². The van der Waals surface area contributed by atoms with Gasteiger partial charge in [0.05, 0.1) is 13.7 Å². The van der Waals surface area contributed by atoms with Crippen LogP contribution in [-0.4, -0.2) is 47.7 Å². The zero-order valence-corrected chi connectivity index (χ0v) is 14.4. The van der Waals surface area contributed by atoms with E-state index < -0.39 is 5.97 Å². The van der Waals surface area contributed by atoms with Gasteiger partial charge < -0.3 is 14.6 Å². The highest BCUT2D eigenvalue weighted by atomic mass is 16.5. The largest absolute Gasteiger partial charge is 0.464 e. The van der Waals surface area contributed by atoms with E-state index in [0.717, 1.165) is 0 Å². The molecule has 1 heterocycles. The van der Waals surface area contributed by atoms with Crippen LogP contribution in [0.2, 0.25) is 0 Å². The maximum absolute atomic E-state index is 12.6. The third-order valence-corrected chi connectivity index (χ3v) is 3.60. The first-order valence-electron chi connectivity index (χ1n) is 7.44. The topological polar surface area (TPSA) is 79.5 Å². The normalized spacial score (nSPS) is 10.5. The average molecular weight is 320 g/mol. The Hall–Kier alpha value is -2.37. The molecule has 1 aromatic rings. The summed E-state index contributed by atoms with van der Waals surface area (Å²) in [7, 11) is 1.28. The lowest BCUT2D eigenvalue weighted by molar-refractivity contribution is -0.133. The van der Waals surface area contributed by atoms with Crippen LogP contribution in [0.25, 0.3) is 0 Å². The van der Waals surface area contributed by atoms with Gasteiger partial charge in [0.25, 0.3) is 0 Å². The Labute approximate surface area is 136 Å². The number of carbonyl (C=O) groups is 3. The van der Waals surface area contributed by atoms with Crippen LogP contribution < -0.4 is 0 Å². The number of hydrogen-bond acceptors (Lipinski definition) is 4. The van der Waals surface area contributed by atoms with Crippen LogP contribution in [0.1, 0.15) is 46.0 Å². The molecule has 1 N–H and O–H groups in total. The minimum Gasteiger partial charge on any atom is -0.464 e. The molecule has 0 aliphatic heterocycles. The van der Waals surface area contributed by atoms with E-state index in [1.165, 1.54) is 12.0 Å². The Kier molecular flexibility index (Phi) is 6.30. The number of nitrogens with zero attached hydrogens (tertiary/aromatic N) is 1. The lowest BCUT2D eigenvalue weighted by Gasteiger charge is -2.22. The van der Waals surface area contributed by atoms with Gasteiger partial charge in [-0.1, -0.05) is 19.9 Å². The lowest BCUT2D eigenvalue weighted by Crippen LogP contribution is -2.38. The molecule has 0 radical (unpaired) electrons. The molecule has 0 saturated heterocycles. The molecular weight excluding hydrogens is 296 g/mol. The van der Waals surface area contributed by atoms with E-state index in [2.05, 4.69) is 11.6 Å². The molecule has 0 spiro atoms. The lowest BCUT2D eigenvalue weighted by atomic mass is 10.0. The molecule has 0 aliphatic rings. The van der Waals surface area contributed by atoms with E-state index in [0.29, 0.717) is 23.4 Å². The van der Waals surface area contributed by atoms with Crippen LogP contribution >= 0.6 is 0 Å². The average Bonchev–Trinajstić information content (AvgIpc) is 2.79. The minimum absolute atomic E-state index is 0.0524. The molecule has 6 nitrogen and oxygen atoms in total. The Bertz CT molecular complexity index is 629. The summed E-state index contributed by atoms with van der Waals surface area (Å²) in [5.74, 6) is -1.06. The number of rotatable bonds is 7. The van der Waals surface area contributed by atoms with Crippen molar-refractivity contribution >= 4 is 17.7 Å². The molecular formula is C17H24N2O4. The van der Waals surface area contributed by atoms with Crippen molar-refractivity contribution in [3.8, 4) is 0 Å². The SMILES string of the molecule is C=CCN(CC(=O)c1c(C)[nH]c(C(=O)OC)c1C)C(=O)C(C)C. The van der Waals surface area contributed by atoms with Crippen LogP contribution in [-0.2, 0) is 9.53 Å². The number of carbonyl (C=O) groups excluding carboxylic acids is 3. The maximum atomic E-state index is 12.6. The van der Waals surface area contributed by atoms with Crippen molar-refractivity contribution in [1.29, 1.82) is 0 Å². The van der Waals surface area contributed by atoms with Gasteiger partial charge >= 0.3 is 5.97 Å². The second-order valence-electron chi connectivity index (χ2n) is 5.70. The van der Waals surface area contributed by atoms with Gasteiger partial charge in [-0.3, -0.25) is 9.59 Å². The van der Waals surface area contributed by atoms with Gasteiger partial charge in [-0.2, -0.15) is 0 Å². The van der Waals surface area contributed by atoms with Crippen molar-refractivity contribution in [2.45, 2.75) is 27.7 Å². The molecule has 0 unspecified atom stereocenters. The number of ketones is 1.